The standard InChI is InChI=1S/C31H33N5O2/c1-38-30-10-6-5-9-26(30)18-32-31(37)28-20-35-16-15-25(28)17-27(35)19-36-21-29(33-34-36)24-13-11-23(12-14-24)22-7-3-2-4-8-22/h2-14,21,25,27-28H,15-20H2,1H3,(H,32,37)/t25-,27-,28+/m1/s1. The molecule has 38 heavy (non-hydrogen) atoms. The molecule has 0 aliphatic carbocycles. The second kappa shape index (κ2) is 10.8. The zero-order valence-corrected chi connectivity index (χ0v) is 21.7. The molecule has 4 aromatic rings. The van der Waals surface area contributed by atoms with E-state index in [1.807, 2.05) is 41.2 Å². The molecule has 7 heteroatoms. The second-order valence-electron chi connectivity index (χ2n) is 10.3. The first-order valence-corrected chi connectivity index (χ1v) is 13.4. The molecule has 3 aliphatic heterocycles. The lowest BCUT2D eigenvalue weighted by molar-refractivity contribution is -0.133. The molecule has 3 aromatic carbocycles. The number of nitrogens with zero attached hydrogens (tertiary/aromatic N) is 4. The van der Waals surface area contributed by atoms with Crippen LogP contribution in [0.2, 0.25) is 0 Å². The molecular formula is C31H33N5O2. The summed E-state index contributed by atoms with van der Waals surface area (Å²) >= 11 is 0. The van der Waals surface area contributed by atoms with E-state index in [1.165, 1.54) is 11.1 Å². The summed E-state index contributed by atoms with van der Waals surface area (Å²) < 4.78 is 7.38. The van der Waals surface area contributed by atoms with E-state index in [9.17, 15) is 4.79 Å². The highest BCUT2D eigenvalue weighted by Gasteiger charge is 2.43. The molecule has 0 radical (unpaired) electrons. The van der Waals surface area contributed by atoms with Crippen LogP contribution in [0.5, 0.6) is 5.75 Å². The van der Waals surface area contributed by atoms with Crippen LogP contribution in [0, 0.1) is 11.8 Å². The Labute approximate surface area is 223 Å². The molecule has 4 atom stereocenters. The molecule has 1 amide bonds. The minimum atomic E-state index is 0.0316. The van der Waals surface area contributed by atoms with Gasteiger partial charge in [-0.1, -0.05) is 78.0 Å². The van der Waals surface area contributed by atoms with Crippen molar-refractivity contribution < 1.29 is 9.53 Å². The smallest absolute Gasteiger partial charge is 0.224 e. The molecule has 1 aromatic heterocycles. The maximum atomic E-state index is 13.1. The predicted molar refractivity (Wildman–Crippen MR) is 147 cm³/mol. The van der Waals surface area contributed by atoms with E-state index < -0.39 is 0 Å². The number of rotatable bonds is 8. The van der Waals surface area contributed by atoms with Crippen molar-refractivity contribution in [2.24, 2.45) is 11.8 Å². The lowest BCUT2D eigenvalue weighted by Gasteiger charge is -2.49. The Bertz CT molecular complexity index is 1380. The number of fused-ring (bicyclic) bond motifs is 3. The van der Waals surface area contributed by atoms with Gasteiger partial charge in [-0.3, -0.25) is 14.4 Å². The lowest BCUT2D eigenvalue weighted by Crippen LogP contribution is -2.58. The number of carbonyl (C=O) groups is 1. The predicted octanol–water partition coefficient (Wildman–Crippen LogP) is 4.65. The van der Waals surface area contributed by atoms with Crippen LogP contribution < -0.4 is 10.1 Å². The van der Waals surface area contributed by atoms with Gasteiger partial charge < -0.3 is 10.1 Å². The van der Waals surface area contributed by atoms with Crippen LogP contribution in [0.15, 0.2) is 85.1 Å². The lowest BCUT2D eigenvalue weighted by atomic mass is 9.75. The average Bonchev–Trinajstić information content (AvgIpc) is 3.45. The Morgan fingerprint density at radius 1 is 0.974 bits per heavy atom. The minimum Gasteiger partial charge on any atom is -0.496 e. The first-order valence-electron chi connectivity index (χ1n) is 13.4. The Hall–Kier alpha value is -3.97. The third-order valence-corrected chi connectivity index (χ3v) is 8.09. The number of methoxy groups -OCH3 is 1. The Morgan fingerprint density at radius 3 is 2.47 bits per heavy atom. The van der Waals surface area contributed by atoms with Gasteiger partial charge in [-0.2, -0.15) is 0 Å². The van der Waals surface area contributed by atoms with Gasteiger partial charge in [0, 0.05) is 30.3 Å². The van der Waals surface area contributed by atoms with Crippen LogP contribution in [-0.4, -0.2) is 52.0 Å². The number of hydrogen-bond acceptors (Lipinski definition) is 5. The number of aromatic nitrogens is 3. The van der Waals surface area contributed by atoms with E-state index >= 15 is 0 Å². The molecule has 2 bridgehead atoms. The van der Waals surface area contributed by atoms with Gasteiger partial charge in [-0.15, -0.1) is 5.10 Å². The summed E-state index contributed by atoms with van der Waals surface area (Å²) in [4.78, 5) is 15.6. The quantitative estimate of drug-likeness (QED) is 0.376. The zero-order valence-electron chi connectivity index (χ0n) is 21.7. The zero-order chi connectivity index (χ0) is 25.9. The van der Waals surface area contributed by atoms with Gasteiger partial charge in [-0.05, 0) is 42.5 Å². The Morgan fingerprint density at radius 2 is 1.71 bits per heavy atom. The largest absolute Gasteiger partial charge is 0.496 e. The van der Waals surface area contributed by atoms with Crippen molar-refractivity contribution >= 4 is 5.91 Å². The number of para-hydroxylation sites is 1. The number of carbonyl (C=O) groups excluding carboxylic acids is 1. The van der Waals surface area contributed by atoms with Gasteiger partial charge in [-0.25, -0.2) is 0 Å². The fraction of sp³-hybridized carbons (Fsp3) is 0.323. The molecule has 1 N–H and O–H groups in total. The molecule has 0 spiro atoms. The van der Waals surface area contributed by atoms with Gasteiger partial charge >= 0.3 is 0 Å². The first kappa shape index (κ1) is 24.4. The van der Waals surface area contributed by atoms with Crippen LogP contribution in [-0.2, 0) is 17.9 Å². The van der Waals surface area contributed by atoms with Crippen molar-refractivity contribution in [2.45, 2.75) is 32.0 Å². The summed E-state index contributed by atoms with van der Waals surface area (Å²) in [6, 6.07) is 27.1. The maximum Gasteiger partial charge on any atom is 0.224 e. The van der Waals surface area contributed by atoms with Gasteiger partial charge in [0.1, 0.15) is 11.4 Å². The van der Waals surface area contributed by atoms with Crippen molar-refractivity contribution in [1.29, 1.82) is 0 Å². The highest BCUT2D eigenvalue weighted by atomic mass is 16.5. The van der Waals surface area contributed by atoms with E-state index in [2.05, 4.69) is 69.1 Å². The van der Waals surface area contributed by atoms with E-state index in [0.717, 1.165) is 55.0 Å². The summed E-state index contributed by atoms with van der Waals surface area (Å²) in [6.45, 7) is 3.12. The number of benzene rings is 3. The van der Waals surface area contributed by atoms with Crippen molar-refractivity contribution in [2.75, 3.05) is 20.2 Å². The average molecular weight is 508 g/mol. The van der Waals surface area contributed by atoms with Gasteiger partial charge in [0.15, 0.2) is 0 Å². The second-order valence-corrected chi connectivity index (χ2v) is 10.3. The maximum absolute atomic E-state index is 13.1. The SMILES string of the molecule is COc1ccccc1CNC(=O)[C@H]1CN2CC[C@@H]1C[C@@H]2Cn1cc(-c2ccc(-c3ccccc3)cc2)nn1. The highest BCUT2D eigenvalue weighted by Crippen LogP contribution is 2.37. The first-order chi connectivity index (χ1) is 18.7. The summed E-state index contributed by atoms with van der Waals surface area (Å²) in [7, 11) is 1.66. The third-order valence-electron chi connectivity index (χ3n) is 8.09. The fourth-order valence-electron chi connectivity index (χ4n) is 5.99. The molecule has 7 rings (SSSR count). The Balaban J connectivity index is 1.06. The summed E-state index contributed by atoms with van der Waals surface area (Å²) in [5.41, 5.74) is 5.34. The van der Waals surface area contributed by atoms with Crippen LogP contribution >= 0.6 is 0 Å². The molecule has 3 saturated heterocycles. The van der Waals surface area contributed by atoms with E-state index in [4.69, 9.17) is 4.74 Å². The van der Waals surface area contributed by atoms with Gasteiger partial charge in [0.25, 0.3) is 0 Å². The van der Waals surface area contributed by atoms with Crippen molar-refractivity contribution in [1.82, 2.24) is 25.2 Å². The number of ether oxygens (including phenoxy) is 1. The van der Waals surface area contributed by atoms with Crippen molar-refractivity contribution in [3.05, 3.63) is 90.6 Å². The van der Waals surface area contributed by atoms with Gasteiger partial charge in [0.05, 0.1) is 25.8 Å². The summed E-state index contributed by atoms with van der Waals surface area (Å²) in [5.74, 6) is 1.38. The highest BCUT2D eigenvalue weighted by molar-refractivity contribution is 5.79. The Kier molecular flexibility index (Phi) is 6.92. The van der Waals surface area contributed by atoms with Gasteiger partial charge in [0.2, 0.25) is 5.91 Å². The number of amides is 1. The van der Waals surface area contributed by atoms with Crippen LogP contribution in [0.1, 0.15) is 18.4 Å². The van der Waals surface area contributed by atoms with Crippen LogP contribution in [0.4, 0.5) is 0 Å². The molecule has 3 fully saturated rings. The van der Waals surface area contributed by atoms with E-state index in [-0.39, 0.29) is 11.8 Å². The van der Waals surface area contributed by atoms with E-state index in [0.29, 0.717) is 18.5 Å². The minimum absolute atomic E-state index is 0.0316. The molecule has 4 heterocycles. The molecule has 3 aliphatic rings. The summed E-state index contributed by atoms with van der Waals surface area (Å²) in [6.07, 6.45) is 4.12. The fourth-order valence-corrected chi connectivity index (χ4v) is 5.99. The summed E-state index contributed by atoms with van der Waals surface area (Å²) in [5, 5.41) is 12.0. The topological polar surface area (TPSA) is 72.3 Å². The molecule has 1 unspecified atom stereocenters. The third kappa shape index (κ3) is 5.07. The van der Waals surface area contributed by atoms with Crippen molar-refractivity contribution in [3.63, 3.8) is 0 Å². The van der Waals surface area contributed by atoms with E-state index in [1.54, 1.807) is 7.11 Å². The molecule has 194 valence electrons. The van der Waals surface area contributed by atoms with Crippen LogP contribution in [0.3, 0.4) is 0 Å². The van der Waals surface area contributed by atoms with Crippen molar-refractivity contribution in [3.8, 4) is 28.1 Å². The molecule has 0 saturated carbocycles. The monoisotopic (exact) mass is 507 g/mol. The number of hydrogen-bond donors (Lipinski definition) is 1. The normalized spacial score (nSPS) is 22.2. The van der Waals surface area contributed by atoms with Crippen LogP contribution in [0.25, 0.3) is 22.4 Å². The molecular weight excluding hydrogens is 474 g/mol. The molecule has 7 nitrogen and oxygen atoms in total. The number of nitrogens with one attached hydrogen (secondary N) is 1. The number of piperidine rings is 3.